The number of nitrogens with one attached hydrogen (secondary N) is 1. The first-order valence-corrected chi connectivity index (χ1v) is 8.53. The lowest BCUT2D eigenvalue weighted by Crippen LogP contribution is -2.45. The van der Waals surface area contributed by atoms with Gasteiger partial charge in [-0.25, -0.2) is 4.98 Å². The molecule has 2 aromatic heterocycles. The predicted molar refractivity (Wildman–Crippen MR) is 86.9 cm³/mol. The Balaban J connectivity index is 1.53. The highest BCUT2D eigenvalue weighted by atomic mass is 32.1. The van der Waals surface area contributed by atoms with E-state index >= 15 is 0 Å². The number of piperidine rings is 1. The summed E-state index contributed by atoms with van der Waals surface area (Å²) in [7, 11) is 1.91. The molecule has 0 saturated carbocycles. The maximum atomic E-state index is 6.24. The van der Waals surface area contributed by atoms with Gasteiger partial charge in [-0.3, -0.25) is 9.88 Å². The van der Waals surface area contributed by atoms with Gasteiger partial charge in [0.15, 0.2) is 5.13 Å². The minimum Gasteiger partial charge on any atom is -0.365 e. The summed E-state index contributed by atoms with van der Waals surface area (Å²) in [6.07, 6.45) is 8.08. The molecule has 2 aliphatic heterocycles. The summed E-state index contributed by atoms with van der Waals surface area (Å²) in [5, 5.41) is 4.08. The number of hydrogen-bond acceptors (Lipinski definition) is 6. The minimum atomic E-state index is -0.154. The molecule has 2 aliphatic rings. The standard InChI is InChI=1S/C16H20N4OS/c1-17-15-19-7-13(22-15)9-20-6-2-4-16(11-20)14-8-18-5-3-12(14)10-21-16/h3,5,7-8H,2,4,6,9-11H2,1H3,(H,17,19). The van der Waals surface area contributed by atoms with Gasteiger partial charge in [0.2, 0.25) is 0 Å². The van der Waals surface area contributed by atoms with Crippen LogP contribution in [0.5, 0.6) is 0 Å². The molecule has 1 saturated heterocycles. The first kappa shape index (κ1) is 14.1. The molecule has 6 heteroatoms. The van der Waals surface area contributed by atoms with Crippen LogP contribution in [0.25, 0.3) is 0 Å². The van der Waals surface area contributed by atoms with Crippen LogP contribution >= 0.6 is 11.3 Å². The fraction of sp³-hybridized carbons (Fsp3) is 0.500. The number of aromatic nitrogens is 2. The molecule has 0 radical (unpaired) electrons. The number of thiazole rings is 1. The molecular weight excluding hydrogens is 296 g/mol. The predicted octanol–water partition coefficient (Wildman–Crippen LogP) is 2.60. The molecule has 4 heterocycles. The topological polar surface area (TPSA) is 50.3 Å². The largest absolute Gasteiger partial charge is 0.365 e. The summed E-state index contributed by atoms with van der Waals surface area (Å²) in [5.41, 5.74) is 2.44. The first-order chi connectivity index (χ1) is 10.8. The molecule has 1 spiro atoms. The molecule has 2 aromatic rings. The highest BCUT2D eigenvalue weighted by Crippen LogP contribution is 2.42. The van der Waals surface area contributed by atoms with E-state index in [1.54, 1.807) is 11.3 Å². The zero-order valence-corrected chi connectivity index (χ0v) is 13.5. The summed E-state index contributed by atoms with van der Waals surface area (Å²) >= 11 is 1.73. The third-order valence-electron chi connectivity index (χ3n) is 4.59. The number of fused-ring (bicyclic) bond motifs is 2. The molecule has 0 bridgehead atoms. The second-order valence-electron chi connectivity index (χ2n) is 6.01. The number of likely N-dealkylation sites (tertiary alicyclic amines) is 1. The molecular formula is C16H20N4OS. The molecule has 1 unspecified atom stereocenters. The number of hydrogen-bond donors (Lipinski definition) is 1. The molecule has 1 N–H and O–H groups in total. The van der Waals surface area contributed by atoms with Crippen molar-refractivity contribution in [3.63, 3.8) is 0 Å². The van der Waals surface area contributed by atoms with E-state index < -0.39 is 0 Å². The maximum Gasteiger partial charge on any atom is 0.182 e. The van der Waals surface area contributed by atoms with Gasteiger partial charge in [0.25, 0.3) is 0 Å². The van der Waals surface area contributed by atoms with E-state index in [0.717, 1.165) is 44.2 Å². The van der Waals surface area contributed by atoms with Gasteiger partial charge >= 0.3 is 0 Å². The normalized spacial score (nSPS) is 24.6. The van der Waals surface area contributed by atoms with Crippen molar-refractivity contribution in [1.29, 1.82) is 0 Å². The highest BCUT2D eigenvalue weighted by molar-refractivity contribution is 7.15. The molecule has 4 rings (SSSR count). The van der Waals surface area contributed by atoms with Gasteiger partial charge in [0.05, 0.1) is 6.61 Å². The Morgan fingerprint density at radius 3 is 3.27 bits per heavy atom. The van der Waals surface area contributed by atoms with Crippen molar-refractivity contribution in [2.75, 3.05) is 25.5 Å². The van der Waals surface area contributed by atoms with Crippen LogP contribution in [0, 0.1) is 0 Å². The SMILES string of the molecule is CNc1ncc(CN2CCCC3(C2)OCc2ccncc23)s1. The van der Waals surface area contributed by atoms with Gasteiger partial charge in [-0.2, -0.15) is 0 Å². The maximum absolute atomic E-state index is 6.24. The lowest BCUT2D eigenvalue weighted by molar-refractivity contribution is -0.0871. The second-order valence-corrected chi connectivity index (χ2v) is 7.13. The van der Waals surface area contributed by atoms with Gasteiger partial charge in [0.1, 0.15) is 5.60 Å². The third-order valence-corrected chi connectivity index (χ3v) is 5.59. The van der Waals surface area contributed by atoms with E-state index in [1.165, 1.54) is 16.0 Å². The lowest BCUT2D eigenvalue weighted by atomic mass is 9.86. The second kappa shape index (κ2) is 5.61. The molecule has 1 fully saturated rings. The van der Waals surface area contributed by atoms with E-state index in [1.807, 2.05) is 25.6 Å². The zero-order valence-electron chi connectivity index (χ0n) is 12.7. The highest BCUT2D eigenvalue weighted by Gasteiger charge is 2.43. The van der Waals surface area contributed by atoms with Gasteiger partial charge in [0, 0.05) is 49.2 Å². The van der Waals surface area contributed by atoms with E-state index in [0.29, 0.717) is 0 Å². The van der Waals surface area contributed by atoms with Crippen LogP contribution in [0.15, 0.2) is 24.7 Å². The monoisotopic (exact) mass is 316 g/mol. The fourth-order valence-corrected chi connectivity index (χ4v) is 4.36. The number of nitrogens with zero attached hydrogens (tertiary/aromatic N) is 3. The van der Waals surface area contributed by atoms with Crippen molar-refractivity contribution >= 4 is 16.5 Å². The van der Waals surface area contributed by atoms with Crippen molar-refractivity contribution in [1.82, 2.24) is 14.9 Å². The van der Waals surface area contributed by atoms with Gasteiger partial charge in [-0.15, -0.1) is 11.3 Å². The van der Waals surface area contributed by atoms with Crippen molar-refractivity contribution in [2.45, 2.75) is 31.6 Å². The van der Waals surface area contributed by atoms with Crippen LogP contribution in [0.1, 0.15) is 28.8 Å². The average Bonchev–Trinajstić information content (AvgIpc) is 3.14. The molecule has 5 nitrogen and oxygen atoms in total. The Hall–Kier alpha value is -1.50. The Bertz CT molecular complexity index is 670. The molecule has 1 atom stereocenters. The first-order valence-electron chi connectivity index (χ1n) is 7.71. The van der Waals surface area contributed by atoms with Gasteiger partial charge in [-0.1, -0.05) is 0 Å². The van der Waals surface area contributed by atoms with E-state index in [-0.39, 0.29) is 5.60 Å². The molecule has 22 heavy (non-hydrogen) atoms. The smallest absolute Gasteiger partial charge is 0.182 e. The minimum absolute atomic E-state index is 0.154. The van der Waals surface area contributed by atoms with Crippen LogP contribution in [0.4, 0.5) is 5.13 Å². The average molecular weight is 316 g/mol. The summed E-state index contributed by atoms with van der Waals surface area (Å²) in [6, 6.07) is 2.09. The Morgan fingerprint density at radius 2 is 2.41 bits per heavy atom. The Morgan fingerprint density at radius 1 is 1.45 bits per heavy atom. The summed E-state index contributed by atoms with van der Waals surface area (Å²) < 4.78 is 6.24. The van der Waals surface area contributed by atoms with Crippen molar-refractivity contribution < 1.29 is 4.74 Å². The summed E-state index contributed by atoms with van der Waals surface area (Å²) in [4.78, 5) is 12.5. The zero-order chi connectivity index (χ0) is 15.0. The van der Waals surface area contributed by atoms with E-state index in [4.69, 9.17) is 4.74 Å². The van der Waals surface area contributed by atoms with Gasteiger partial charge < -0.3 is 10.1 Å². The van der Waals surface area contributed by atoms with Crippen molar-refractivity contribution in [3.05, 3.63) is 40.7 Å². The number of anilines is 1. The van der Waals surface area contributed by atoms with Crippen LogP contribution in [0.2, 0.25) is 0 Å². The van der Waals surface area contributed by atoms with E-state index in [2.05, 4.69) is 26.3 Å². The lowest BCUT2D eigenvalue weighted by Gasteiger charge is -2.40. The number of ether oxygens (including phenoxy) is 1. The molecule has 0 aliphatic carbocycles. The molecule has 0 aromatic carbocycles. The summed E-state index contributed by atoms with van der Waals surface area (Å²) in [5.74, 6) is 0. The number of pyridine rings is 1. The van der Waals surface area contributed by atoms with Gasteiger partial charge in [-0.05, 0) is 31.0 Å². The van der Waals surface area contributed by atoms with Crippen LogP contribution in [-0.2, 0) is 23.5 Å². The van der Waals surface area contributed by atoms with Crippen LogP contribution < -0.4 is 5.32 Å². The number of rotatable bonds is 3. The fourth-order valence-electron chi connectivity index (χ4n) is 3.55. The van der Waals surface area contributed by atoms with Crippen molar-refractivity contribution in [3.8, 4) is 0 Å². The third kappa shape index (κ3) is 2.41. The van der Waals surface area contributed by atoms with Crippen LogP contribution in [0.3, 0.4) is 0 Å². The van der Waals surface area contributed by atoms with Crippen molar-refractivity contribution in [2.24, 2.45) is 0 Å². The summed E-state index contributed by atoms with van der Waals surface area (Å²) in [6.45, 7) is 3.72. The molecule has 0 amide bonds. The van der Waals surface area contributed by atoms with Crippen LogP contribution in [-0.4, -0.2) is 35.0 Å². The molecule has 116 valence electrons. The van der Waals surface area contributed by atoms with E-state index in [9.17, 15) is 0 Å². The quantitative estimate of drug-likeness (QED) is 0.943. The Kier molecular flexibility index (Phi) is 3.60. The Labute approximate surface area is 134 Å².